The maximum absolute atomic E-state index is 8.81. The minimum Gasteiger partial charge on any atom is -0.339 e. The van der Waals surface area contributed by atoms with E-state index in [2.05, 4.69) is 15.3 Å². The third-order valence-corrected chi connectivity index (χ3v) is 3.10. The summed E-state index contributed by atoms with van der Waals surface area (Å²) in [5, 5.41) is 12.7. The van der Waals surface area contributed by atoms with Crippen molar-refractivity contribution in [3.63, 3.8) is 0 Å². The standard InChI is InChI=1S/C14H12Cl2N4/c1-8(2)14-19-12(16)6-13(20-14)18-11-4-3-9(7-17)5-10(11)15/h3-6,8H,1-2H3,(H,18,19,20). The van der Waals surface area contributed by atoms with Crippen LogP contribution in [-0.4, -0.2) is 9.97 Å². The fraction of sp³-hybridized carbons (Fsp3) is 0.214. The Morgan fingerprint density at radius 3 is 2.55 bits per heavy atom. The number of hydrogen-bond acceptors (Lipinski definition) is 4. The van der Waals surface area contributed by atoms with Gasteiger partial charge in [-0.3, -0.25) is 0 Å². The second-order valence-corrected chi connectivity index (χ2v) is 5.31. The number of anilines is 2. The third kappa shape index (κ3) is 3.38. The Hall–Kier alpha value is -1.83. The topological polar surface area (TPSA) is 61.6 Å². The van der Waals surface area contributed by atoms with Crippen LogP contribution in [0, 0.1) is 11.3 Å². The Labute approximate surface area is 127 Å². The first-order valence-electron chi connectivity index (χ1n) is 6.00. The minimum atomic E-state index is 0.172. The lowest BCUT2D eigenvalue weighted by molar-refractivity contribution is 0.776. The summed E-state index contributed by atoms with van der Waals surface area (Å²) < 4.78 is 0. The monoisotopic (exact) mass is 306 g/mol. The first-order chi connectivity index (χ1) is 9.49. The molecule has 0 atom stereocenters. The quantitative estimate of drug-likeness (QED) is 0.847. The van der Waals surface area contributed by atoms with E-state index in [1.54, 1.807) is 24.3 Å². The molecule has 4 nitrogen and oxygen atoms in total. The smallest absolute Gasteiger partial charge is 0.135 e. The Balaban J connectivity index is 2.33. The first kappa shape index (κ1) is 14.6. The molecule has 0 aliphatic carbocycles. The summed E-state index contributed by atoms with van der Waals surface area (Å²) in [6.45, 7) is 3.98. The van der Waals surface area contributed by atoms with Crippen molar-refractivity contribution in [2.75, 3.05) is 5.32 Å². The molecule has 0 aliphatic rings. The molecule has 102 valence electrons. The van der Waals surface area contributed by atoms with Crippen LogP contribution in [0.4, 0.5) is 11.5 Å². The van der Waals surface area contributed by atoms with Gasteiger partial charge in [0.25, 0.3) is 0 Å². The SMILES string of the molecule is CC(C)c1nc(Cl)cc(Nc2ccc(C#N)cc2Cl)n1. The van der Waals surface area contributed by atoms with Crippen molar-refractivity contribution < 1.29 is 0 Å². The first-order valence-corrected chi connectivity index (χ1v) is 6.76. The number of nitriles is 1. The van der Waals surface area contributed by atoms with Gasteiger partial charge in [0, 0.05) is 12.0 Å². The molecule has 1 aromatic carbocycles. The fourth-order valence-electron chi connectivity index (χ4n) is 1.58. The van der Waals surface area contributed by atoms with E-state index in [-0.39, 0.29) is 5.92 Å². The van der Waals surface area contributed by atoms with Crippen molar-refractivity contribution in [2.45, 2.75) is 19.8 Å². The Kier molecular flexibility index (Phi) is 4.43. The van der Waals surface area contributed by atoms with E-state index >= 15 is 0 Å². The largest absolute Gasteiger partial charge is 0.339 e. The van der Waals surface area contributed by atoms with Crippen molar-refractivity contribution >= 4 is 34.7 Å². The van der Waals surface area contributed by atoms with E-state index < -0.39 is 0 Å². The zero-order valence-electron chi connectivity index (χ0n) is 11.0. The number of hydrogen-bond donors (Lipinski definition) is 1. The van der Waals surface area contributed by atoms with E-state index in [4.69, 9.17) is 28.5 Å². The average molecular weight is 307 g/mol. The van der Waals surface area contributed by atoms with Crippen LogP contribution in [0.1, 0.15) is 31.2 Å². The average Bonchev–Trinajstić information content (AvgIpc) is 2.40. The van der Waals surface area contributed by atoms with Crippen LogP contribution in [-0.2, 0) is 0 Å². The van der Waals surface area contributed by atoms with Gasteiger partial charge in [-0.15, -0.1) is 0 Å². The van der Waals surface area contributed by atoms with Crippen LogP contribution >= 0.6 is 23.2 Å². The van der Waals surface area contributed by atoms with Crippen molar-refractivity contribution in [3.05, 3.63) is 45.8 Å². The Bertz CT molecular complexity index is 677. The molecule has 1 heterocycles. The summed E-state index contributed by atoms with van der Waals surface area (Å²) in [5.41, 5.74) is 1.17. The second kappa shape index (κ2) is 6.08. The molecular weight excluding hydrogens is 295 g/mol. The Morgan fingerprint density at radius 1 is 1.20 bits per heavy atom. The van der Waals surface area contributed by atoms with Crippen molar-refractivity contribution in [1.29, 1.82) is 5.26 Å². The van der Waals surface area contributed by atoms with Crippen molar-refractivity contribution in [3.8, 4) is 6.07 Å². The molecule has 0 saturated carbocycles. The maximum Gasteiger partial charge on any atom is 0.135 e. The molecule has 2 aromatic rings. The molecule has 0 fully saturated rings. The molecule has 0 spiro atoms. The van der Waals surface area contributed by atoms with Gasteiger partial charge in [-0.2, -0.15) is 5.26 Å². The van der Waals surface area contributed by atoms with E-state index in [9.17, 15) is 0 Å². The van der Waals surface area contributed by atoms with Gasteiger partial charge < -0.3 is 5.32 Å². The summed E-state index contributed by atoms with van der Waals surface area (Å²) in [6.07, 6.45) is 0. The molecule has 0 radical (unpaired) electrons. The summed E-state index contributed by atoms with van der Waals surface area (Å²) in [5.74, 6) is 1.40. The number of nitrogens with zero attached hydrogens (tertiary/aromatic N) is 3. The summed E-state index contributed by atoms with van der Waals surface area (Å²) in [7, 11) is 0. The van der Waals surface area contributed by atoms with Gasteiger partial charge >= 0.3 is 0 Å². The number of nitrogens with one attached hydrogen (secondary N) is 1. The fourth-order valence-corrected chi connectivity index (χ4v) is 2.00. The summed E-state index contributed by atoms with van der Waals surface area (Å²) >= 11 is 12.1. The number of halogens is 2. The molecule has 0 saturated heterocycles. The lowest BCUT2D eigenvalue weighted by Gasteiger charge is -2.10. The van der Waals surface area contributed by atoms with Crippen LogP contribution in [0.5, 0.6) is 0 Å². The van der Waals surface area contributed by atoms with Crippen LogP contribution in [0.2, 0.25) is 10.2 Å². The molecule has 20 heavy (non-hydrogen) atoms. The van der Waals surface area contributed by atoms with E-state index in [0.717, 1.165) is 0 Å². The van der Waals surface area contributed by atoms with Crippen molar-refractivity contribution in [1.82, 2.24) is 9.97 Å². The predicted octanol–water partition coefficient (Wildman–Crippen LogP) is 4.52. The molecule has 0 unspecified atom stereocenters. The van der Waals surface area contributed by atoms with Crippen LogP contribution in [0.15, 0.2) is 24.3 Å². The van der Waals surface area contributed by atoms with Gasteiger partial charge in [0.1, 0.15) is 16.8 Å². The molecule has 1 aromatic heterocycles. The highest BCUT2D eigenvalue weighted by atomic mass is 35.5. The molecule has 6 heteroatoms. The van der Waals surface area contributed by atoms with Gasteiger partial charge in [0.2, 0.25) is 0 Å². The zero-order valence-corrected chi connectivity index (χ0v) is 12.5. The number of aromatic nitrogens is 2. The predicted molar refractivity (Wildman–Crippen MR) is 80.6 cm³/mol. The highest BCUT2D eigenvalue weighted by molar-refractivity contribution is 6.33. The molecular formula is C14H12Cl2N4. The van der Waals surface area contributed by atoms with Gasteiger partial charge in [-0.05, 0) is 18.2 Å². The molecule has 2 rings (SSSR count). The zero-order chi connectivity index (χ0) is 14.7. The van der Waals surface area contributed by atoms with Gasteiger partial charge in [0.05, 0.1) is 22.3 Å². The minimum absolute atomic E-state index is 0.172. The highest BCUT2D eigenvalue weighted by Gasteiger charge is 2.09. The third-order valence-electron chi connectivity index (χ3n) is 2.59. The lowest BCUT2D eigenvalue weighted by Crippen LogP contribution is -2.02. The summed E-state index contributed by atoms with van der Waals surface area (Å²) in [6, 6.07) is 8.66. The number of benzene rings is 1. The molecule has 0 amide bonds. The maximum atomic E-state index is 8.81. The number of rotatable bonds is 3. The van der Waals surface area contributed by atoms with Gasteiger partial charge in [-0.25, -0.2) is 9.97 Å². The molecule has 0 aliphatic heterocycles. The van der Waals surface area contributed by atoms with Gasteiger partial charge in [-0.1, -0.05) is 37.0 Å². The van der Waals surface area contributed by atoms with E-state index in [1.165, 1.54) is 0 Å². The van der Waals surface area contributed by atoms with Crippen LogP contribution in [0.25, 0.3) is 0 Å². The lowest BCUT2D eigenvalue weighted by atomic mass is 10.2. The van der Waals surface area contributed by atoms with Crippen LogP contribution < -0.4 is 5.32 Å². The van der Waals surface area contributed by atoms with Gasteiger partial charge in [0.15, 0.2) is 0 Å². The molecule has 1 N–H and O–H groups in total. The normalized spacial score (nSPS) is 10.4. The van der Waals surface area contributed by atoms with E-state index in [0.29, 0.717) is 33.1 Å². The highest BCUT2D eigenvalue weighted by Crippen LogP contribution is 2.27. The Morgan fingerprint density at radius 2 is 1.95 bits per heavy atom. The van der Waals surface area contributed by atoms with Crippen molar-refractivity contribution in [2.24, 2.45) is 0 Å². The second-order valence-electron chi connectivity index (χ2n) is 4.52. The van der Waals surface area contributed by atoms with Crippen LogP contribution in [0.3, 0.4) is 0 Å². The molecule has 0 bridgehead atoms. The summed E-state index contributed by atoms with van der Waals surface area (Å²) in [4.78, 5) is 8.54. The van der Waals surface area contributed by atoms with E-state index in [1.807, 2.05) is 19.9 Å².